The van der Waals surface area contributed by atoms with Gasteiger partial charge in [-0.15, -0.1) is 0 Å². The largest absolute Gasteiger partial charge is 0.379 e. The first kappa shape index (κ1) is 13.7. The number of carbonyl (C=O) groups is 1. The number of nitro groups is 1. The summed E-state index contributed by atoms with van der Waals surface area (Å²) in [5, 5.41) is 13.6. The molecule has 0 radical (unpaired) electrons. The van der Waals surface area contributed by atoms with E-state index in [0.29, 0.717) is 13.0 Å². The Labute approximate surface area is 113 Å². The zero-order valence-electron chi connectivity index (χ0n) is 9.89. The number of nitrogens with one attached hydrogen (secondary N) is 1. The topological polar surface area (TPSA) is 107 Å². The Morgan fingerprint density at radius 3 is 2.89 bits per heavy atom. The molecule has 0 spiro atoms. The summed E-state index contributed by atoms with van der Waals surface area (Å²) in [6.07, 6.45) is 0.368. The van der Waals surface area contributed by atoms with Crippen LogP contribution in [0.4, 0.5) is 11.4 Å². The maximum absolute atomic E-state index is 12.0. The lowest BCUT2D eigenvalue weighted by molar-refractivity contribution is -0.383. The van der Waals surface area contributed by atoms with Gasteiger partial charge in [-0.25, -0.2) is 0 Å². The molecule has 1 atom stereocenters. The molecule has 0 saturated carbocycles. The number of ether oxygens (including phenoxy) is 1. The minimum atomic E-state index is -1.16. The minimum absolute atomic E-state index is 0.0271. The normalized spacial score (nSPS) is 22.2. The van der Waals surface area contributed by atoms with Crippen LogP contribution in [0.5, 0.6) is 0 Å². The molecular weight excluding hydrogens is 274 g/mol. The first-order chi connectivity index (χ1) is 8.92. The zero-order valence-corrected chi connectivity index (χ0v) is 10.6. The quantitative estimate of drug-likeness (QED) is 0.643. The Bertz CT molecular complexity index is 529. The fraction of sp³-hybridized carbons (Fsp3) is 0.364. The van der Waals surface area contributed by atoms with Crippen molar-refractivity contribution in [2.75, 3.05) is 18.5 Å². The molecule has 0 aliphatic carbocycles. The fourth-order valence-electron chi connectivity index (χ4n) is 1.77. The highest BCUT2D eigenvalue weighted by molar-refractivity contribution is 6.31. The summed E-state index contributed by atoms with van der Waals surface area (Å²) >= 11 is 5.77. The lowest BCUT2D eigenvalue weighted by Gasteiger charge is -2.20. The van der Waals surface area contributed by atoms with E-state index in [0.717, 1.165) is 0 Å². The van der Waals surface area contributed by atoms with Gasteiger partial charge in [0.1, 0.15) is 11.2 Å². The van der Waals surface area contributed by atoms with E-state index in [1.807, 2.05) is 0 Å². The van der Waals surface area contributed by atoms with E-state index in [4.69, 9.17) is 22.1 Å². The Hall–Kier alpha value is -1.70. The molecule has 2 rings (SSSR count). The molecule has 1 aromatic carbocycles. The second kappa shape index (κ2) is 5.12. The molecule has 0 bridgehead atoms. The SMILES string of the molecule is NC1(C(=O)Nc2cc(Cl)ccc2[N+](=O)[O-])CCOC1. The average Bonchev–Trinajstić information content (AvgIpc) is 2.77. The molecule has 3 N–H and O–H groups in total. The molecule has 0 aromatic heterocycles. The molecular formula is C11H12ClN3O4. The van der Waals surface area contributed by atoms with Crippen LogP contribution in [0, 0.1) is 10.1 Å². The number of nitrogens with two attached hydrogens (primary N) is 1. The third-order valence-corrected chi connectivity index (χ3v) is 3.14. The molecule has 1 fully saturated rings. The van der Waals surface area contributed by atoms with Gasteiger partial charge in [0, 0.05) is 17.7 Å². The van der Waals surface area contributed by atoms with Gasteiger partial charge in [-0.05, 0) is 18.6 Å². The van der Waals surface area contributed by atoms with E-state index in [1.54, 1.807) is 0 Å². The highest BCUT2D eigenvalue weighted by atomic mass is 35.5. The monoisotopic (exact) mass is 285 g/mol. The van der Waals surface area contributed by atoms with Gasteiger partial charge in [-0.1, -0.05) is 11.6 Å². The first-order valence-corrected chi connectivity index (χ1v) is 5.92. The van der Waals surface area contributed by atoms with Crippen molar-refractivity contribution in [3.8, 4) is 0 Å². The number of hydrogen-bond acceptors (Lipinski definition) is 5. The van der Waals surface area contributed by atoms with Gasteiger partial charge in [-0.3, -0.25) is 14.9 Å². The van der Waals surface area contributed by atoms with Gasteiger partial charge in [0.15, 0.2) is 0 Å². The number of rotatable bonds is 3. The van der Waals surface area contributed by atoms with Crippen LogP contribution in [-0.2, 0) is 9.53 Å². The lowest BCUT2D eigenvalue weighted by Crippen LogP contribution is -2.51. The highest BCUT2D eigenvalue weighted by Gasteiger charge is 2.39. The molecule has 1 heterocycles. The number of nitrogens with zero attached hydrogens (tertiary/aromatic N) is 1. The number of nitro benzene ring substituents is 1. The van der Waals surface area contributed by atoms with E-state index in [9.17, 15) is 14.9 Å². The molecule has 19 heavy (non-hydrogen) atoms. The standard InChI is InChI=1S/C11H12ClN3O4/c12-7-1-2-9(15(17)18)8(5-7)14-10(16)11(13)3-4-19-6-11/h1-2,5H,3-4,6,13H2,(H,14,16). The van der Waals surface area contributed by atoms with Gasteiger partial charge >= 0.3 is 0 Å². The zero-order chi connectivity index (χ0) is 14.0. The van der Waals surface area contributed by atoms with Crippen molar-refractivity contribution in [1.82, 2.24) is 0 Å². The third-order valence-electron chi connectivity index (χ3n) is 2.91. The summed E-state index contributed by atoms with van der Waals surface area (Å²) in [6.45, 7) is 0.481. The maximum atomic E-state index is 12.0. The van der Waals surface area contributed by atoms with Crippen molar-refractivity contribution in [1.29, 1.82) is 0 Å². The van der Waals surface area contributed by atoms with Crippen LogP contribution in [0.2, 0.25) is 5.02 Å². The van der Waals surface area contributed by atoms with E-state index in [-0.39, 0.29) is 23.0 Å². The number of carbonyl (C=O) groups excluding carboxylic acids is 1. The van der Waals surface area contributed by atoms with Crippen LogP contribution in [0.3, 0.4) is 0 Å². The van der Waals surface area contributed by atoms with Crippen molar-refractivity contribution in [2.45, 2.75) is 12.0 Å². The summed E-state index contributed by atoms with van der Waals surface area (Å²) in [7, 11) is 0. The summed E-state index contributed by atoms with van der Waals surface area (Å²) in [6, 6.07) is 3.93. The van der Waals surface area contributed by atoms with Crippen molar-refractivity contribution >= 4 is 28.9 Å². The summed E-state index contributed by atoms with van der Waals surface area (Å²) < 4.78 is 5.07. The smallest absolute Gasteiger partial charge is 0.292 e. The summed E-state index contributed by atoms with van der Waals surface area (Å²) in [5.74, 6) is -0.518. The second-order valence-corrected chi connectivity index (χ2v) is 4.77. The number of halogens is 1. The molecule has 1 aromatic rings. The third kappa shape index (κ3) is 2.83. The molecule has 102 valence electrons. The van der Waals surface area contributed by atoms with Gasteiger partial charge in [-0.2, -0.15) is 0 Å². The van der Waals surface area contributed by atoms with Gasteiger partial charge in [0.05, 0.1) is 11.5 Å². The van der Waals surface area contributed by atoms with E-state index >= 15 is 0 Å². The molecule has 1 aliphatic heterocycles. The number of benzene rings is 1. The Balaban J connectivity index is 2.25. The number of amides is 1. The predicted molar refractivity (Wildman–Crippen MR) is 69.1 cm³/mol. The van der Waals surface area contributed by atoms with Crippen LogP contribution in [0.15, 0.2) is 18.2 Å². The molecule has 7 nitrogen and oxygen atoms in total. The van der Waals surface area contributed by atoms with Crippen LogP contribution in [-0.4, -0.2) is 29.6 Å². The molecule has 1 amide bonds. The van der Waals surface area contributed by atoms with Crippen molar-refractivity contribution in [2.24, 2.45) is 5.73 Å². The number of hydrogen-bond donors (Lipinski definition) is 2. The Morgan fingerprint density at radius 1 is 1.58 bits per heavy atom. The van der Waals surface area contributed by atoms with Crippen molar-refractivity contribution in [3.63, 3.8) is 0 Å². The van der Waals surface area contributed by atoms with Crippen LogP contribution >= 0.6 is 11.6 Å². The van der Waals surface area contributed by atoms with Gasteiger partial charge in [0.25, 0.3) is 5.69 Å². The molecule has 1 saturated heterocycles. The lowest BCUT2D eigenvalue weighted by atomic mass is 9.99. The predicted octanol–water partition coefficient (Wildman–Crippen LogP) is 1.30. The molecule has 1 aliphatic rings. The average molecular weight is 286 g/mol. The van der Waals surface area contributed by atoms with Crippen LogP contribution in [0.25, 0.3) is 0 Å². The fourth-order valence-corrected chi connectivity index (χ4v) is 1.95. The van der Waals surface area contributed by atoms with Gasteiger partial charge in [0.2, 0.25) is 5.91 Å². The van der Waals surface area contributed by atoms with Crippen LogP contribution in [0.1, 0.15) is 6.42 Å². The van der Waals surface area contributed by atoms with E-state index < -0.39 is 16.4 Å². The molecule has 1 unspecified atom stereocenters. The maximum Gasteiger partial charge on any atom is 0.292 e. The van der Waals surface area contributed by atoms with Crippen molar-refractivity contribution in [3.05, 3.63) is 33.3 Å². The first-order valence-electron chi connectivity index (χ1n) is 5.54. The summed E-state index contributed by atoms with van der Waals surface area (Å²) in [4.78, 5) is 22.3. The van der Waals surface area contributed by atoms with Crippen molar-refractivity contribution < 1.29 is 14.5 Å². The molecule has 8 heteroatoms. The Kier molecular flexibility index (Phi) is 3.70. The van der Waals surface area contributed by atoms with Crippen LogP contribution < -0.4 is 11.1 Å². The highest BCUT2D eigenvalue weighted by Crippen LogP contribution is 2.29. The summed E-state index contributed by atoms with van der Waals surface area (Å²) in [5.41, 5.74) is 4.51. The van der Waals surface area contributed by atoms with E-state index in [1.165, 1.54) is 18.2 Å². The Morgan fingerprint density at radius 2 is 2.32 bits per heavy atom. The van der Waals surface area contributed by atoms with E-state index in [2.05, 4.69) is 5.32 Å². The minimum Gasteiger partial charge on any atom is -0.379 e. The van der Waals surface area contributed by atoms with Gasteiger partial charge < -0.3 is 15.8 Å². The number of anilines is 1. The second-order valence-electron chi connectivity index (χ2n) is 4.33.